The maximum Gasteiger partial charge on any atom is 0.526 e. The lowest BCUT2D eigenvalue weighted by Gasteiger charge is -2.29. The molecule has 0 fully saturated rings. The highest BCUT2D eigenvalue weighted by Crippen LogP contribution is 2.38. The number of esters is 2. The second-order valence-corrected chi connectivity index (χ2v) is 7.48. The molecular weight excluding hydrogens is 413 g/mol. The Balaban J connectivity index is 2.05. The molecule has 1 aromatic rings. The van der Waals surface area contributed by atoms with Crippen molar-refractivity contribution in [2.24, 2.45) is 5.92 Å². The topological polar surface area (TPSA) is 99.1 Å². The summed E-state index contributed by atoms with van der Waals surface area (Å²) in [6.45, 7) is 4.35. The summed E-state index contributed by atoms with van der Waals surface area (Å²) in [5.41, 5.74) is 0.477. The molecule has 7 nitrogen and oxygen atoms in total. The standard InChI is InChI=1S/C21H27BF2O7/c1-4-13(5-2)19(26)29-12-30-20(27)16-9-7-8-14-10-15(22(28)31-18(14)16)11-17(25)21(23,24)6-3/h7-9,13,15,28H,4-6,10-12H2,1-3H3/t15-/m1/s1. The number of hydrogen-bond acceptors (Lipinski definition) is 7. The van der Waals surface area contributed by atoms with E-state index in [-0.39, 0.29) is 23.7 Å². The molecule has 0 aliphatic carbocycles. The molecule has 1 aromatic carbocycles. The highest BCUT2D eigenvalue weighted by molar-refractivity contribution is 6.47. The maximum absolute atomic E-state index is 13.6. The number of carbonyl (C=O) groups excluding carboxylic acids is 3. The number of fused-ring (bicyclic) bond motifs is 1. The van der Waals surface area contributed by atoms with Crippen molar-refractivity contribution in [2.45, 2.75) is 64.6 Å². The molecule has 0 amide bonds. The zero-order valence-corrected chi connectivity index (χ0v) is 17.9. The van der Waals surface area contributed by atoms with E-state index in [0.717, 1.165) is 0 Å². The van der Waals surface area contributed by atoms with Gasteiger partial charge in [-0.1, -0.05) is 32.9 Å². The summed E-state index contributed by atoms with van der Waals surface area (Å²) < 4.78 is 42.5. The third-order valence-electron chi connectivity index (χ3n) is 5.45. The van der Waals surface area contributed by atoms with Crippen molar-refractivity contribution in [1.82, 2.24) is 0 Å². The van der Waals surface area contributed by atoms with E-state index >= 15 is 0 Å². The van der Waals surface area contributed by atoms with Crippen LogP contribution < -0.4 is 4.65 Å². The van der Waals surface area contributed by atoms with Crippen LogP contribution in [0.4, 0.5) is 8.78 Å². The molecule has 1 atom stereocenters. The average Bonchev–Trinajstić information content (AvgIpc) is 2.74. The number of ketones is 1. The lowest BCUT2D eigenvalue weighted by atomic mass is 9.64. The van der Waals surface area contributed by atoms with Crippen LogP contribution in [0.15, 0.2) is 18.2 Å². The van der Waals surface area contributed by atoms with Gasteiger partial charge in [-0.2, -0.15) is 8.78 Å². The lowest BCUT2D eigenvalue weighted by Crippen LogP contribution is -2.38. The Morgan fingerprint density at radius 3 is 2.52 bits per heavy atom. The third kappa shape index (κ3) is 6.03. The Morgan fingerprint density at radius 1 is 1.23 bits per heavy atom. The first-order valence-corrected chi connectivity index (χ1v) is 10.4. The van der Waals surface area contributed by atoms with Gasteiger partial charge in [-0.15, -0.1) is 0 Å². The van der Waals surface area contributed by atoms with Crippen molar-refractivity contribution in [3.8, 4) is 5.75 Å². The molecule has 1 N–H and O–H groups in total. The third-order valence-corrected chi connectivity index (χ3v) is 5.45. The first-order valence-electron chi connectivity index (χ1n) is 10.4. The van der Waals surface area contributed by atoms with Gasteiger partial charge in [-0.3, -0.25) is 9.59 Å². The fourth-order valence-electron chi connectivity index (χ4n) is 3.36. The molecule has 31 heavy (non-hydrogen) atoms. The van der Waals surface area contributed by atoms with E-state index in [1.165, 1.54) is 13.0 Å². The first-order chi connectivity index (χ1) is 14.6. The Bertz CT molecular complexity index is 811. The van der Waals surface area contributed by atoms with Gasteiger partial charge >= 0.3 is 25.0 Å². The number of carbonyl (C=O) groups is 3. The monoisotopic (exact) mass is 440 g/mol. The number of halogens is 2. The molecule has 10 heteroatoms. The number of Topliss-reactive ketones (excluding diaryl/α,β-unsaturated/α-hetero) is 1. The largest absolute Gasteiger partial charge is 0.535 e. The van der Waals surface area contributed by atoms with Gasteiger partial charge in [-0.25, -0.2) is 4.79 Å². The Labute approximate surface area is 180 Å². The fraction of sp³-hybridized carbons (Fsp3) is 0.571. The van der Waals surface area contributed by atoms with Crippen molar-refractivity contribution >= 4 is 24.8 Å². The minimum absolute atomic E-state index is 0.00111. The second kappa shape index (κ2) is 10.7. The summed E-state index contributed by atoms with van der Waals surface area (Å²) in [7, 11) is -1.54. The van der Waals surface area contributed by atoms with Crippen molar-refractivity contribution in [3.63, 3.8) is 0 Å². The van der Waals surface area contributed by atoms with Crippen LogP contribution in [0.5, 0.6) is 5.75 Å². The molecule has 0 radical (unpaired) electrons. The normalized spacial score (nSPS) is 15.8. The summed E-state index contributed by atoms with van der Waals surface area (Å²) in [5, 5.41) is 10.2. The number of alkyl halides is 2. The maximum atomic E-state index is 13.6. The number of para-hydroxylation sites is 1. The van der Waals surface area contributed by atoms with Crippen LogP contribution in [0.3, 0.4) is 0 Å². The van der Waals surface area contributed by atoms with E-state index in [2.05, 4.69) is 0 Å². The SMILES string of the molecule is CCC(CC)C(=O)OCOC(=O)c1cccc2c1OB(O)[C@@H](CC(=O)C(F)(F)CC)C2. The minimum Gasteiger partial charge on any atom is -0.535 e. The second-order valence-electron chi connectivity index (χ2n) is 7.48. The van der Waals surface area contributed by atoms with Gasteiger partial charge in [0.15, 0.2) is 0 Å². The van der Waals surface area contributed by atoms with Crippen LogP contribution in [0, 0.1) is 5.92 Å². The zero-order valence-electron chi connectivity index (χ0n) is 17.9. The molecule has 0 spiro atoms. The van der Waals surface area contributed by atoms with Crippen LogP contribution in [-0.2, 0) is 25.5 Å². The molecule has 0 unspecified atom stereocenters. The summed E-state index contributed by atoms with van der Waals surface area (Å²) in [5.74, 6) is -7.11. The highest BCUT2D eigenvalue weighted by Gasteiger charge is 2.43. The number of rotatable bonds is 10. The Kier molecular flexibility index (Phi) is 8.56. The summed E-state index contributed by atoms with van der Waals surface area (Å²) in [6, 6.07) is 4.57. The van der Waals surface area contributed by atoms with Gasteiger partial charge in [-0.05, 0) is 30.9 Å². The van der Waals surface area contributed by atoms with Crippen molar-refractivity contribution in [2.75, 3.05) is 6.79 Å². The van der Waals surface area contributed by atoms with Crippen LogP contribution in [0.25, 0.3) is 0 Å². The number of benzene rings is 1. The molecule has 0 bridgehead atoms. The van der Waals surface area contributed by atoms with E-state index in [1.807, 2.05) is 13.8 Å². The van der Waals surface area contributed by atoms with E-state index in [4.69, 9.17) is 14.1 Å². The van der Waals surface area contributed by atoms with E-state index < -0.39 is 56.2 Å². The van der Waals surface area contributed by atoms with Crippen LogP contribution >= 0.6 is 0 Å². The van der Waals surface area contributed by atoms with Gasteiger partial charge < -0.3 is 19.2 Å². The minimum atomic E-state index is -3.46. The van der Waals surface area contributed by atoms with Crippen LogP contribution in [-0.4, -0.2) is 42.6 Å². The van der Waals surface area contributed by atoms with Gasteiger partial charge in [0, 0.05) is 18.7 Å². The summed E-state index contributed by atoms with van der Waals surface area (Å²) >= 11 is 0. The lowest BCUT2D eigenvalue weighted by molar-refractivity contribution is -0.157. The Morgan fingerprint density at radius 2 is 1.90 bits per heavy atom. The molecule has 0 saturated carbocycles. The number of ether oxygens (including phenoxy) is 2. The molecule has 1 aliphatic heterocycles. The van der Waals surface area contributed by atoms with Crippen LogP contribution in [0.2, 0.25) is 5.82 Å². The molecule has 1 aliphatic rings. The zero-order chi connectivity index (χ0) is 23.2. The molecule has 1 heterocycles. The summed E-state index contributed by atoms with van der Waals surface area (Å²) in [4.78, 5) is 36.1. The predicted octanol–water partition coefficient (Wildman–Crippen LogP) is 3.57. The van der Waals surface area contributed by atoms with Crippen molar-refractivity contribution in [3.05, 3.63) is 29.3 Å². The van der Waals surface area contributed by atoms with E-state index in [1.54, 1.807) is 12.1 Å². The van der Waals surface area contributed by atoms with Crippen molar-refractivity contribution < 1.29 is 42.3 Å². The van der Waals surface area contributed by atoms with E-state index in [0.29, 0.717) is 18.4 Å². The van der Waals surface area contributed by atoms with Crippen molar-refractivity contribution in [1.29, 1.82) is 0 Å². The molecular formula is C21H27BF2O7. The molecule has 0 saturated heterocycles. The molecule has 0 aromatic heterocycles. The summed E-state index contributed by atoms with van der Waals surface area (Å²) in [6.07, 6.45) is 0.114. The van der Waals surface area contributed by atoms with E-state index in [9.17, 15) is 28.2 Å². The highest BCUT2D eigenvalue weighted by atomic mass is 19.3. The molecule has 170 valence electrons. The van der Waals surface area contributed by atoms with Gasteiger partial charge in [0.1, 0.15) is 11.3 Å². The van der Waals surface area contributed by atoms with Crippen LogP contribution in [0.1, 0.15) is 62.4 Å². The van der Waals surface area contributed by atoms with Gasteiger partial charge in [0.05, 0.1) is 5.92 Å². The fourth-order valence-corrected chi connectivity index (χ4v) is 3.36. The quantitative estimate of drug-likeness (QED) is 0.337. The smallest absolute Gasteiger partial charge is 0.526 e. The number of hydrogen-bond donors (Lipinski definition) is 1. The first kappa shape index (κ1) is 24.8. The van der Waals surface area contributed by atoms with Gasteiger partial charge in [0.2, 0.25) is 12.6 Å². The Hall–Kier alpha value is -2.49. The predicted molar refractivity (Wildman–Crippen MR) is 108 cm³/mol. The molecule has 2 rings (SSSR count). The van der Waals surface area contributed by atoms with Gasteiger partial charge in [0.25, 0.3) is 0 Å². The average molecular weight is 440 g/mol.